The number of fused-ring (bicyclic) bond motifs is 4. The molecule has 3 fully saturated rings. The second-order valence-corrected chi connectivity index (χ2v) is 26.9. The van der Waals surface area contributed by atoms with Gasteiger partial charge in [-0.3, -0.25) is 33.6 Å². The van der Waals surface area contributed by atoms with Crippen molar-refractivity contribution in [1.29, 1.82) is 0 Å². The molecule has 7 aromatic rings. The number of alkyl carbamates (subject to hydrolysis) is 1. The molecule has 0 spiro atoms. The molecule has 0 bridgehead atoms. The average molecular weight is 1310 g/mol. The van der Waals surface area contributed by atoms with E-state index in [-0.39, 0.29) is 50.2 Å². The Morgan fingerprint density at radius 3 is 2.01 bits per heavy atom. The summed E-state index contributed by atoms with van der Waals surface area (Å²) in [5.41, 5.74) is 5.51. The molecule has 7 amide bonds. The van der Waals surface area contributed by atoms with Gasteiger partial charge in [0.2, 0.25) is 34.7 Å². The van der Waals surface area contributed by atoms with Crippen molar-refractivity contribution in [2.75, 3.05) is 20.2 Å². The Labute approximate surface area is 556 Å². The van der Waals surface area contributed by atoms with Crippen molar-refractivity contribution in [2.45, 2.75) is 176 Å². The van der Waals surface area contributed by atoms with E-state index in [1.165, 1.54) is 30.6 Å². The fraction of sp³-hybridized carbons (Fsp3) is 0.429. The van der Waals surface area contributed by atoms with Gasteiger partial charge in [-0.25, -0.2) is 14.3 Å². The number of carbonyl (C=O) groups excluding carboxylic acids is 7. The number of hydrogen-bond acceptors (Lipinski definition) is 16. The van der Waals surface area contributed by atoms with Gasteiger partial charge in [0.25, 0.3) is 0 Å². The lowest BCUT2D eigenvalue weighted by molar-refractivity contribution is -0.144. The van der Waals surface area contributed by atoms with E-state index in [0.717, 1.165) is 38.3 Å². The average Bonchev–Trinajstić information content (AvgIpc) is 1.65. The maximum absolute atomic E-state index is 15.3. The zero-order chi connectivity index (χ0) is 66.9. The van der Waals surface area contributed by atoms with Crippen molar-refractivity contribution in [2.24, 2.45) is 5.92 Å². The van der Waals surface area contributed by atoms with Gasteiger partial charge >= 0.3 is 12.2 Å². The van der Waals surface area contributed by atoms with Crippen molar-refractivity contribution in [3.8, 4) is 11.1 Å². The molecule has 1 aliphatic carbocycles. The van der Waals surface area contributed by atoms with E-state index in [1.54, 1.807) is 60.0 Å². The molecule has 25 heteroatoms. The minimum atomic E-state index is -1.26. The Kier molecular flexibility index (Phi) is 21.0. The smallest absolute Gasteiger partial charge is 0.410 e. The molecule has 95 heavy (non-hydrogen) atoms. The van der Waals surface area contributed by atoms with Crippen LogP contribution in [-0.4, -0.2) is 166 Å². The highest BCUT2D eigenvalue weighted by Gasteiger charge is 2.49. The van der Waals surface area contributed by atoms with Crippen LogP contribution in [0, 0.1) is 5.92 Å². The van der Waals surface area contributed by atoms with E-state index >= 15 is 9.59 Å². The molecular weight excluding hydrogens is 1230 g/mol. The standard InChI is InChI=1S/C70H82N14O10S/c1-43(71-68(90)94-70(4,5)6)62(85)74-61-48(33-34-50-35-36-58(84(50)66(61)89)64(87)73-60(46-22-11-8-12-23-46)47-24-13-9-14-25-47)38-81-39-49(75-78-81)41-92-45(3)59(65(88)82-37-21-26-51(82)40-83-67(76-77-79-83)95-52-27-15-10-16-28-52)72-63(86)44(2)80(7)69(91)93-42-57-55-31-19-17-29-53(55)54-30-18-20-32-56(54)57/h8-20,22-25,27-32,39,43-45,48,50-51,57-61H,21,26,33-38,40-42H2,1-7H3,(H,71,90)(H,72,86)(H,73,87)(H,74,85)/t43-,44-,45+,48+,50-,51-,58-,59-,61-/m0/s1. The van der Waals surface area contributed by atoms with Gasteiger partial charge in [-0.05, 0) is 148 Å². The third-order valence-electron chi connectivity index (χ3n) is 18.3. The number of hydrogen-bond donors (Lipinski definition) is 4. The van der Waals surface area contributed by atoms with Gasteiger partial charge < -0.3 is 45.3 Å². The van der Waals surface area contributed by atoms with E-state index in [0.29, 0.717) is 55.9 Å². The summed E-state index contributed by atoms with van der Waals surface area (Å²) in [6.07, 6.45) is 2.40. The molecule has 11 rings (SSSR count). The summed E-state index contributed by atoms with van der Waals surface area (Å²) >= 11 is 1.40. The highest BCUT2D eigenvalue weighted by atomic mass is 32.2. The number of likely N-dealkylation sites (tertiary alicyclic amines) is 1. The number of likely N-dealkylation sites (N-methyl/N-ethyl adjacent to an activating group) is 1. The topological polar surface area (TPSA) is 279 Å². The Morgan fingerprint density at radius 1 is 0.716 bits per heavy atom. The van der Waals surface area contributed by atoms with Crippen LogP contribution in [0.1, 0.15) is 120 Å². The first-order valence-electron chi connectivity index (χ1n) is 32.5. The quantitative estimate of drug-likeness (QED) is 0.0475. The van der Waals surface area contributed by atoms with Crippen LogP contribution in [0.25, 0.3) is 11.1 Å². The second-order valence-electron chi connectivity index (χ2n) is 25.9. The summed E-state index contributed by atoms with van der Waals surface area (Å²) in [6.45, 7) is 10.5. The highest BCUT2D eigenvalue weighted by molar-refractivity contribution is 7.99. The lowest BCUT2D eigenvalue weighted by Gasteiger charge is -2.33. The zero-order valence-corrected chi connectivity index (χ0v) is 55.3. The van der Waals surface area contributed by atoms with E-state index in [1.807, 2.05) is 127 Å². The highest BCUT2D eigenvalue weighted by Crippen LogP contribution is 2.45. The van der Waals surface area contributed by atoms with Crippen molar-refractivity contribution in [1.82, 2.24) is 71.2 Å². The number of tetrazole rings is 1. The molecule has 9 atom stereocenters. The van der Waals surface area contributed by atoms with Crippen LogP contribution in [0.4, 0.5) is 9.59 Å². The van der Waals surface area contributed by atoms with Crippen molar-refractivity contribution < 1.29 is 47.8 Å². The van der Waals surface area contributed by atoms with Crippen LogP contribution in [0.2, 0.25) is 0 Å². The van der Waals surface area contributed by atoms with Crippen LogP contribution in [0.15, 0.2) is 156 Å². The van der Waals surface area contributed by atoms with Gasteiger partial charge in [-0.2, -0.15) is 0 Å². The van der Waals surface area contributed by atoms with Gasteiger partial charge in [0.05, 0.1) is 37.5 Å². The lowest BCUT2D eigenvalue weighted by atomic mass is 9.93. The van der Waals surface area contributed by atoms with E-state index in [4.69, 9.17) is 14.2 Å². The molecule has 2 aromatic heterocycles. The Morgan fingerprint density at radius 2 is 1.35 bits per heavy atom. The van der Waals surface area contributed by atoms with Crippen LogP contribution >= 0.6 is 11.8 Å². The molecule has 0 radical (unpaired) electrons. The molecule has 3 aliphatic heterocycles. The van der Waals surface area contributed by atoms with Gasteiger partial charge in [0.1, 0.15) is 48.1 Å². The van der Waals surface area contributed by atoms with Gasteiger partial charge in [-0.1, -0.05) is 133 Å². The first-order valence-corrected chi connectivity index (χ1v) is 33.3. The number of aromatic nitrogens is 7. The summed E-state index contributed by atoms with van der Waals surface area (Å²) < 4.78 is 21.1. The maximum atomic E-state index is 15.3. The van der Waals surface area contributed by atoms with Crippen molar-refractivity contribution >= 4 is 53.5 Å². The van der Waals surface area contributed by atoms with Gasteiger partial charge in [0.15, 0.2) is 0 Å². The number of carbonyl (C=O) groups is 7. The molecule has 5 heterocycles. The summed E-state index contributed by atoms with van der Waals surface area (Å²) in [6, 6.07) is 38.3. The Balaban J connectivity index is 0.796. The second kappa shape index (κ2) is 29.9. The van der Waals surface area contributed by atoms with Gasteiger partial charge in [0, 0.05) is 42.9 Å². The minimum Gasteiger partial charge on any atom is -0.448 e. The first kappa shape index (κ1) is 66.9. The van der Waals surface area contributed by atoms with Crippen molar-refractivity contribution in [3.63, 3.8) is 0 Å². The molecule has 0 saturated carbocycles. The summed E-state index contributed by atoms with van der Waals surface area (Å²) in [5.74, 6) is -3.22. The normalized spacial score (nSPS) is 19.7. The molecule has 3 saturated heterocycles. The Bertz CT molecular complexity index is 3770. The molecule has 4 N–H and O–H groups in total. The first-order chi connectivity index (χ1) is 45.8. The number of nitrogens with zero attached hydrogens (tertiary/aromatic N) is 10. The van der Waals surface area contributed by atoms with E-state index in [9.17, 15) is 24.0 Å². The molecule has 5 aromatic carbocycles. The molecular formula is C70H82N14O10S. The molecule has 4 aliphatic rings. The summed E-state index contributed by atoms with van der Waals surface area (Å²) in [4.78, 5) is 106. The maximum Gasteiger partial charge on any atom is 0.410 e. The zero-order valence-electron chi connectivity index (χ0n) is 54.4. The summed E-state index contributed by atoms with van der Waals surface area (Å²) in [7, 11) is 1.48. The molecule has 24 nitrogen and oxygen atoms in total. The predicted octanol–water partition coefficient (Wildman–Crippen LogP) is 7.84. The molecule has 0 unspecified atom stereocenters. The fourth-order valence-electron chi connectivity index (χ4n) is 13.2. The number of rotatable bonds is 23. The third kappa shape index (κ3) is 15.9. The van der Waals surface area contributed by atoms with Crippen molar-refractivity contribution in [3.05, 3.63) is 174 Å². The van der Waals surface area contributed by atoms with E-state index in [2.05, 4.69) is 59.2 Å². The lowest BCUT2D eigenvalue weighted by Crippen LogP contribution is -2.59. The number of nitrogens with one attached hydrogen (secondary N) is 4. The SMILES string of the molecule is C[C@H](NC(=O)OC(C)(C)C)C(=O)N[C@@H]1C(=O)N2[C@@H](CC[C@@H]1Cn1cc(CO[C@H](C)[C@H](NC(=O)[C@H](C)N(C)C(=O)OCC3c4ccccc4-c4ccccc43)C(=O)N3CCC[C@H]3Cn3nnnc3Sc3ccccc3)nn1)CC[C@H]2C(=O)NC(c1ccccc1)c1ccccc1. The monoisotopic (exact) mass is 1310 g/mol. The molecule has 498 valence electrons. The Hall–Kier alpha value is -9.49. The van der Waals surface area contributed by atoms with Crippen LogP contribution in [0.5, 0.6) is 0 Å². The van der Waals surface area contributed by atoms with Gasteiger partial charge in [-0.15, -0.1) is 10.2 Å². The number of amides is 7. The minimum absolute atomic E-state index is 0.0430. The third-order valence-corrected chi connectivity index (χ3v) is 19.2. The largest absolute Gasteiger partial charge is 0.448 e. The number of ether oxygens (including phenoxy) is 3. The predicted molar refractivity (Wildman–Crippen MR) is 352 cm³/mol. The summed E-state index contributed by atoms with van der Waals surface area (Å²) in [5, 5.41) is 33.7. The van der Waals surface area contributed by atoms with E-state index < -0.39 is 89.7 Å². The van der Waals surface area contributed by atoms with Crippen LogP contribution in [0.3, 0.4) is 0 Å². The fourth-order valence-corrected chi connectivity index (χ4v) is 14.0. The number of benzene rings is 5. The van der Waals surface area contributed by atoms with Crippen LogP contribution in [-0.2, 0) is 57.9 Å². The van der Waals surface area contributed by atoms with Crippen LogP contribution < -0.4 is 21.3 Å².